The predicted octanol–water partition coefficient (Wildman–Crippen LogP) is 4.28. The Kier molecular flexibility index (Phi) is 8.75. The molecule has 9 atom stereocenters. The number of aliphatic hydroxyl groups is 4. The molecule has 39 heavy (non-hydrogen) atoms. The summed E-state index contributed by atoms with van der Waals surface area (Å²) in [6.45, 7) is 13.1. The van der Waals surface area contributed by atoms with Crippen LogP contribution >= 0.6 is 15.9 Å². The molecule has 0 aromatic heterocycles. The largest absolute Gasteiger partial charge is 0.486 e. The summed E-state index contributed by atoms with van der Waals surface area (Å²) in [5, 5.41) is 43.1. The van der Waals surface area contributed by atoms with E-state index >= 15 is 0 Å². The first kappa shape index (κ1) is 31.7. The van der Waals surface area contributed by atoms with Crippen molar-refractivity contribution in [2.75, 3.05) is 6.61 Å². The average molecular weight is 620 g/mol. The van der Waals surface area contributed by atoms with Crippen molar-refractivity contribution in [2.45, 2.75) is 169 Å². The van der Waals surface area contributed by atoms with Gasteiger partial charge >= 0.3 is 0 Å². The van der Waals surface area contributed by atoms with Crippen molar-refractivity contribution in [1.82, 2.24) is 0 Å². The number of ether oxygens (including phenoxy) is 4. The third-order valence-corrected chi connectivity index (χ3v) is 11.5. The molecular formula is C30H51BrO8. The molecule has 0 aromatic rings. The highest BCUT2D eigenvalue weighted by Crippen LogP contribution is 2.49. The maximum Gasteiger partial charge on any atom is 0.144 e. The third-order valence-electron chi connectivity index (χ3n) is 9.96. The van der Waals surface area contributed by atoms with Gasteiger partial charge in [-0.15, -0.1) is 0 Å². The van der Waals surface area contributed by atoms with Crippen LogP contribution in [0.25, 0.3) is 0 Å². The van der Waals surface area contributed by atoms with Crippen LogP contribution in [0.4, 0.5) is 0 Å². The SMILES string of the molecule is CC(C)(O)C1CC[C@](C)([C@@H](O)CC[C@@](O)(CO)C2=CC[C@H]3O[C@@H]([C@]4(C)CC[C@@H](Br)C(C)(C)O4)CC[C@]3(C)O2)O1. The Bertz CT molecular complexity index is 919. The highest BCUT2D eigenvalue weighted by Gasteiger charge is 2.55. The predicted molar refractivity (Wildman–Crippen MR) is 152 cm³/mol. The Hall–Kier alpha value is -0.260. The van der Waals surface area contributed by atoms with Gasteiger partial charge in [-0.25, -0.2) is 0 Å². The standard InChI is InChI=1S/C30H51BrO8/c1-25(2,34)21-12-15-27(5,37-21)20(33)11-17-30(35,18-32)24-9-8-22-28(6,38-24)16-13-23(36-22)29(7)14-10-19(31)26(3,4)39-29/h9,19-23,32-35H,8,10-18H2,1-7H3/t19-,20+,21?,22-,23-,27-,28+,29+,30-/m1/s1. The van der Waals surface area contributed by atoms with Crippen LogP contribution in [0, 0.1) is 0 Å². The highest BCUT2D eigenvalue weighted by atomic mass is 79.9. The maximum absolute atomic E-state index is 11.5. The van der Waals surface area contributed by atoms with Crippen molar-refractivity contribution < 1.29 is 39.4 Å². The van der Waals surface area contributed by atoms with Gasteiger partial charge in [0.25, 0.3) is 0 Å². The number of aliphatic hydroxyl groups excluding tert-OH is 2. The molecule has 0 aromatic carbocycles. The minimum atomic E-state index is -1.62. The van der Waals surface area contributed by atoms with Crippen LogP contribution in [-0.2, 0) is 18.9 Å². The van der Waals surface area contributed by atoms with E-state index in [1.807, 2.05) is 19.9 Å². The van der Waals surface area contributed by atoms with Gasteiger partial charge in [0, 0.05) is 4.83 Å². The lowest BCUT2D eigenvalue weighted by atomic mass is 9.77. The van der Waals surface area contributed by atoms with E-state index in [1.54, 1.807) is 13.8 Å². The van der Waals surface area contributed by atoms with Crippen LogP contribution in [0.5, 0.6) is 0 Å². The second-order valence-electron chi connectivity index (χ2n) is 14.3. The zero-order chi connectivity index (χ0) is 29.1. The Balaban J connectivity index is 1.40. The first-order valence-electron chi connectivity index (χ1n) is 14.7. The van der Waals surface area contributed by atoms with E-state index in [0.717, 1.165) is 25.7 Å². The van der Waals surface area contributed by atoms with E-state index in [9.17, 15) is 20.4 Å². The summed E-state index contributed by atoms with van der Waals surface area (Å²) in [4.78, 5) is 0.302. The van der Waals surface area contributed by atoms with Crippen LogP contribution in [0.3, 0.4) is 0 Å². The molecule has 3 saturated heterocycles. The molecule has 3 fully saturated rings. The number of hydrogen-bond acceptors (Lipinski definition) is 8. The van der Waals surface area contributed by atoms with Crippen LogP contribution in [-0.4, -0.2) is 89.9 Å². The molecule has 0 saturated carbocycles. The first-order valence-corrected chi connectivity index (χ1v) is 15.6. The summed E-state index contributed by atoms with van der Waals surface area (Å²) in [6.07, 6.45) is 5.93. The summed E-state index contributed by atoms with van der Waals surface area (Å²) in [6, 6.07) is 0. The van der Waals surface area contributed by atoms with Crippen LogP contribution in [0.15, 0.2) is 11.8 Å². The Labute approximate surface area is 242 Å². The highest BCUT2D eigenvalue weighted by molar-refractivity contribution is 9.09. The third kappa shape index (κ3) is 6.26. The van der Waals surface area contributed by atoms with Crippen LogP contribution in [0.2, 0.25) is 0 Å². The summed E-state index contributed by atoms with van der Waals surface area (Å²) in [7, 11) is 0. The van der Waals surface area contributed by atoms with E-state index in [4.69, 9.17) is 18.9 Å². The number of hydrogen-bond donors (Lipinski definition) is 4. The fraction of sp³-hybridized carbons (Fsp3) is 0.933. The number of halogens is 1. The fourth-order valence-electron chi connectivity index (χ4n) is 6.92. The van der Waals surface area contributed by atoms with E-state index < -0.39 is 35.1 Å². The molecule has 0 amide bonds. The minimum absolute atomic E-state index is 0.0554. The lowest BCUT2D eigenvalue weighted by molar-refractivity contribution is -0.269. The second kappa shape index (κ2) is 10.8. The summed E-state index contributed by atoms with van der Waals surface area (Å²) in [5.74, 6) is 0.341. The summed E-state index contributed by atoms with van der Waals surface area (Å²) in [5.41, 5.74) is -4.75. The number of fused-ring (bicyclic) bond motifs is 1. The van der Waals surface area contributed by atoms with Crippen molar-refractivity contribution >= 4 is 15.9 Å². The smallest absolute Gasteiger partial charge is 0.144 e. The number of alkyl halides is 1. The average Bonchev–Trinajstić information content (AvgIpc) is 3.27. The van der Waals surface area contributed by atoms with Crippen molar-refractivity contribution in [2.24, 2.45) is 0 Å². The molecule has 8 nitrogen and oxygen atoms in total. The molecule has 4 N–H and O–H groups in total. The summed E-state index contributed by atoms with van der Waals surface area (Å²) >= 11 is 3.76. The van der Waals surface area contributed by atoms with E-state index in [2.05, 4.69) is 36.7 Å². The molecule has 4 rings (SSSR count). The van der Waals surface area contributed by atoms with Gasteiger partial charge in [-0.1, -0.05) is 15.9 Å². The minimum Gasteiger partial charge on any atom is -0.486 e. The van der Waals surface area contributed by atoms with Crippen molar-refractivity contribution in [3.8, 4) is 0 Å². The normalized spacial score (nSPS) is 43.1. The number of rotatable bonds is 8. The molecule has 9 heteroatoms. The zero-order valence-electron chi connectivity index (χ0n) is 24.8. The molecule has 0 radical (unpaired) electrons. The molecule has 226 valence electrons. The molecule has 1 unspecified atom stereocenters. The van der Waals surface area contributed by atoms with Crippen molar-refractivity contribution in [1.29, 1.82) is 0 Å². The fourth-order valence-corrected chi connectivity index (χ4v) is 7.24. The quantitative estimate of drug-likeness (QED) is 0.298. The van der Waals surface area contributed by atoms with Gasteiger partial charge in [-0.05, 0) is 112 Å². The monoisotopic (exact) mass is 618 g/mol. The lowest BCUT2D eigenvalue weighted by Crippen LogP contribution is -2.61. The van der Waals surface area contributed by atoms with Gasteiger partial charge in [0.1, 0.15) is 23.1 Å². The van der Waals surface area contributed by atoms with E-state index in [1.165, 1.54) is 0 Å². The van der Waals surface area contributed by atoms with Gasteiger partial charge in [0.05, 0.1) is 47.3 Å². The zero-order valence-corrected chi connectivity index (χ0v) is 26.4. The Morgan fingerprint density at radius 1 is 1.00 bits per heavy atom. The van der Waals surface area contributed by atoms with Crippen LogP contribution < -0.4 is 0 Å². The van der Waals surface area contributed by atoms with Crippen LogP contribution in [0.1, 0.15) is 106 Å². The summed E-state index contributed by atoms with van der Waals surface area (Å²) < 4.78 is 25.8. The molecule has 4 aliphatic heterocycles. The Morgan fingerprint density at radius 3 is 2.26 bits per heavy atom. The van der Waals surface area contributed by atoms with Crippen molar-refractivity contribution in [3.63, 3.8) is 0 Å². The van der Waals surface area contributed by atoms with Gasteiger partial charge in [0.2, 0.25) is 0 Å². The lowest BCUT2D eigenvalue weighted by Gasteiger charge is -2.55. The van der Waals surface area contributed by atoms with Gasteiger partial charge in [-0.2, -0.15) is 0 Å². The molecule has 4 heterocycles. The Morgan fingerprint density at radius 2 is 1.67 bits per heavy atom. The van der Waals surface area contributed by atoms with E-state index in [0.29, 0.717) is 29.8 Å². The van der Waals surface area contributed by atoms with Gasteiger partial charge < -0.3 is 39.4 Å². The van der Waals surface area contributed by atoms with Gasteiger partial charge in [-0.3, -0.25) is 0 Å². The maximum atomic E-state index is 11.5. The molecule has 0 bridgehead atoms. The molecule has 0 spiro atoms. The van der Waals surface area contributed by atoms with E-state index in [-0.39, 0.29) is 42.4 Å². The molecular weight excluding hydrogens is 568 g/mol. The molecule has 0 aliphatic carbocycles. The first-order chi connectivity index (χ1) is 17.9. The topological polar surface area (TPSA) is 118 Å². The second-order valence-corrected chi connectivity index (χ2v) is 15.4. The molecule has 4 aliphatic rings. The van der Waals surface area contributed by atoms with Crippen molar-refractivity contribution in [3.05, 3.63) is 11.8 Å². The van der Waals surface area contributed by atoms with Gasteiger partial charge in [0.15, 0.2) is 0 Å².